The molecular weight excluding hydrogens is 250 g/mol. The molecule has 0 amide bonds. The molecule has 2 N–H and O–H groups in total. The smallest absolute Gasteiger partial charge is 0.320 e. The van der Waals surface area contributed by atoms with E-state index in [0.717, 1.165) is 12.8 Å². The zero-order valence-electron chi connectivity index (χ0n) is 11.8. The van der Waals surface area contributed by atoms with Gasteiger partial charge in [-0.2, -0.15) is 0 Å². The van der Waals surface area contributed by atoms with Crippen molar-refractivity contribution in [3.8, 4) is 0 Å². The highest BCUT2D eigenvalue weighted by atomic mass is 16.4. The van der Waals surface area contributed by atoms with Crippen LogP contribution in [0.25, 0.3) is 0 Å². The van der Waals surface area contributed by atoms with Crippen LogP contribution in [0.3, 0.4) is 0 Å². The zero-order chi connectivity index (χ0) is 15.0. The highest BCUT2D eigenvalue weighted by Gasteiger charge is 2.30. The molecule has 2 unspecified atom stereocenters. The maximum absolute atomic E-state index is 11.4. The number of carboxylic acids is 2. The normalized spacial score (nSPS) is 14.1. The van der Waals surface area contributed by atoms with Crippen molar-refractivity contribution in [3.05, 3.63) is 0 Å². The van der Waals surface area contributed by atoms with Crippen LogP contribution in [0.5, 0.6) is 0 Å². The molecule has 110 valence electrons. The number of Topliss-reactive ketones (excluding diaryl/α,β-unsaturated/α-hetero) is 1. The summed E-state index contributed by atoms with van der Waals surface area (Å²) in [7, 11) is 0. The minimum Gasteiger partial charge on any atom is -0.481 e. The van der Waals surface area contributed by atoms with Gasteiger partial charge in [0.25, 0.3) is 0 Å². The Kier molecular flexibility index (Phi) is 7.98. The molecule has 0 fully saturated rings. The molecule has 19 heavy (non-hydrogen) atoms. The summed E-state index contributed by atoms with van der Waals surface area (Å²) in [5, 5.41) is 18.0. The van der Waals surface area contributed by atoms with Crippen LogP contribution in [-0.2, 0) is 14.4 Å². The second-order valence-electron chi connectivity index (χ2n) is 4.66. The second kappa shape index (κ2) is 8.63. The molecule has 0 aromatic heterocycles. The fourth-order valence-electron chi connectivity index (χ4n) is 1.91. The van der Waals surface area contributed by atoms with E-state index in [1.54, 1.807) is 6.92 Å². The Bertz CT molecular complexity index is 329. The molecule has 0 saturated heterocycles. The Hall–Kier alpha value is -1.43. The molecule has 0 saturated carbocycles. The zero-order valence-corrected chi connectivity index (χ0v) is 11.8. The van der Waals surface area contributed by atoms with Crippen LogP contribution in [0.2, 0.25) is 0 Å². The summed E-state index contributed by atoms with van der Waals surface area (Å²) in [5.41, 5.74) is 0. The summed E-state index contributed by atoms with van der Waals surface area (Å²) in [6.45, 7) is 5.02. The number of carbonyl (C=O) groups is 3. The number of carbonyl (C=O) groups excluding carboxylic acids is 1. The van der Waals surface area contributed by atoms with Crippen molar-refractivity contribution in [2.24, 2.45) is 0 Å². The lowest BCUT2D eigenvalue weighted by atomic mass is 10.0. The predicted molar refractivity (Wildman–Crippen MR) is 70.1 cm³/mol. The van der Waals surface area contributed by atoms with Crippen molar-refractivity contribution in [1.29, 1.82) is 0 Å². The van der Waals surface area contributed by atoms with Crippen LogP contribution in [0.4, 0.5) is 0 Å². The summed E-state index contributed by atoms with van der Waals surface area (Å²) >= 11 is 0. The Morgan fingerprint density at radius 1 is 1.21 bits per heavy atom. The second-order valence-corrected chi connectivity index (χ2v) is 4.66. The molecule has 6 nitrogen and oxygen atoms in total. The molecule has 0 aliphatic carbocycles. The van der Waals surface area contributed by atoms with Crippen LogP contribution >= 0.6 is 0 Å². The van der Waals surface area contributed by atoms with Crippen LogP contribution < -0.4 is 0 Å². The van der Waals surface area contributed by atoms with Gasteiger partial charge in [-0.3, -0.25) is 19.3 Å². The first kappa shape index (κ1) is 17.6. The minimum atomic E-state index is -1.01. The van der Waals surface area contributed by atoms with Crippen LogP contribution in [0, 0.1) is 0 Å². The quantitative estimate of drug-likeness (QED) is 0.624. The van der Waals surface area contributed by atoms with Crippen molar-refractivity contribution in [2.45, 2.75) is 58.5 Å². The van der Waals surface area contributed by atoms with Gasteiger partial charge in [0.05, 0.1) is 12.5 Å². The first-order valence-corrected chi connectivity index (χ1v) is 6.52. The first-order chi connectivity index (χ1) is 8.81. The Morgan fingerprint density at radius 2 is 1.79 bits per heavy atom. The minimum absolute atomic E-state index is 0.0662. The van der Waals surface area contributed by atoms with Gasteiger partial charge < -0.3 is 10.2 Å². The number of rotatable bonds is 10. The Morgan fingerprint density at radius 3 is 2.16 bits per heavy atom. The van der Waals surface area contributed by atoms with Crippen LogP contribution in [-0.4, -0.2) is 51.5 Å². The van der Waals surface area contributed by atoms with Gasteiger partial charge in [-0.25, -0.2) is 0 Å². The maximum Gasteiger partial charge on any atom is 0.320 e. The summed E-state index contributed by atoms with van der Waals surface area (Å²) < 4.78 is 0. The maximum atomic E-state index is 11.4. The SMILES string of the molecule is CCCCC(C(=O)O)N(CCC(=O)O)C(C)C(C)=O. The lowest BCUT2D eigenvalue weighted by Gasteiger charge is -2.32. The number of hydrogen-bond donors (Lipinski definition) is 2. The average molecular weight is 273 g/mol. The molecule has 0 spiro atoms. The third kappa shape index (κ3) is 6.33. The highest BCUT2D eigenvalue weighted by molar-refractivity contribution is 5.82. The fraction of sp³-hybridized carbons (Fsp3) is 0.769. The number of ketones is 1. The number of nitrogens with zero attached hydrogens (tertiary/aromatic N) is 1. The largest absolute Gasteiger partial charge is 0.481 e. The van der Waals surface area contributed by atoms with Crippen LogP contribution in [0.15, 0.2) is 0 Å². The molecule has 0 radical (unpaired) electrons. The monoisotopic (exact) mass is 273 g/mol. The molecule has 6 heteroatoms. The van der Waals surface area contributed by atoms with Crippen molar-refractivity contribution >= 4 is 17.7 Å². The van der Waals surface area contributed by atoms with Gasteiger partial charge in [0.2, 0.25) is 0 Å². The third-order valence-corrected chi connectivity index (χ3v) is 3.19. The molecule has 0 rings (SSSR count). The fourth-order valence-corrected chi connectivity index (χ4v) is 1.91. The van der Waals surface area contributed by atoms with E-state index in [1.807, 2.05) is 6.92 Å². The van der Waals surface area contributed by atoms with E-state index in [4.69, 9.17) is 5.11 Å². The van der Waals surface area contributed by atoms with Crippen molar-refractivity contribution in [2.75, 3.05) is 6.54 Å². The lowest BCUT2D eigenvalue weighted by Crippen LogP contribution is -2.49. The number of hydrogen-bond acceptors (Lipinski definition) is 4. The van der Waals surface area contributed by atoms with Gasteiger partial charge in [-0.05, 0) is 20.3 Å². The summed E-state index contributed by atoms with van der Waals surface area (Å²) in [6.07, 6.45) is 1.83. The molecular formula is C13H23NO5. The Labute approximate surface area is 113 Å². The van der Waals surface area contributed by atoms with Crippen molar-refractivity contribution in [1.82, 2.24) is 4.90 Å². The van der Waals surface area contributed by atoms with Gasteiger partial charge in [0.1, 0.15) is 11.8 Å². The van der Waals surface area contributed by atoms with Gasteiger partial charge in [0.15, 0.2) is 0 Å². The van der Waals surface area contributed by atoms with E-state index in [-0.39, 0.29) is 18.7 Å². The number of aliphatic carboxylic acids is 2. The van der Waals surface area contributed by atoms with E-state index in [2.05, 4.69) is 0 Å². The van der Waals surface area contributed by atoms with E-state index >= 15 is 0 Å². The molecule has 0 aromatic carbocycles. The molecule has 0 aromatic rings. The van der Waals surface area contributed by atoms with Gasteiger partial charge in [-0.1, -0.05) is 19.8 Å². The van der Waals surface area contributed by atoms with E-state index < -0.39 is 24.0 Å². The first-order valence-electron chi connectivity index (χ1n) is 6.52. The van der Waals surface area contributed by atoms with E-state index in [9.17, 15) is 19.5 Å². The van der Waals surface area contributed by atoms with Gasteiger partial charge in [0, 0.05) is 6.54 Å². The molecule has 0 aliphatic rings. The predicted octanol–water partition coefficient (Wildman–Crippen LogP) is 1.38. The van der Waals surface area contributed by atoms with Crippen LogP contribution in [0.1, 0.15) is 46.5 Å². The number of carboxylic acid groups (broad SMARTS) is 2. The van der Waals surface area contributed by atoms with E-state index in [0.29, 0.717) is 6.42 Å². The standard InChI is InChI=1S/C13H23NO5/c1-4-5-6-11(13(18)19)14(8-7-12(16)17)9(2)10(3)15/h9,11H,4-8H2,1-3H3,(H,16,17)(H,18,19). The third-order valence-electron chi connectivity index (χ3n) is 3.19. The molecule has 0 bridgehead atoms. The Balaban J connectivity index is 4.96. The molecule has 0 heterocycles. The summed E-state index contributed by atoms with van der Waals surface area (Å²) in [5.74, 6) is -2.17. The van der Waals surface area contributed by atoms with Gasteiger partial charge in [-0.15, -0.1) is 0 Å². The molecule has 0 aliphatic heterocycles. The van der Waals surface area contributed by atoms with Gasteiger partial charge >= 0.3 is 11.9 Å². The van der Waals surface area contributed by atoms with Crippen molar-refractivity contribution in [3.63, 3.8) is 0 Å². The van der Waals surface area contributed by atoms with Crippen molar-refractivity contribution < 1.29 is 24.6 Å². The lowest BCUT2D eigenvalue weighted by molar-refractivity contribution is -0.147. The highest BCUT2D eigenvalue weighted by Crippen LogP contribution is 2.14. The average Bonchev–Trinajstić information content (AvgIpc) is 2.31. The van der Waals surface area contributed by atoms with E-state index in [1.165, 1.54) is 11.8 Å². The summed E-state index contributed by atoms with van der Waals surface area (Å²) in [4.78, 5) is 34.9. The molecule has 2 atom stereocenters. The number of unbranched alkanes of at least 4 members (excludes halogenated alkanes) is 1. The summed E-state index contributed by atoms with van der Waals surface area (Å²) in [6, 6.07) is -1.39. The topological polar surface area (TPSA) is 94.9 Å².